The summed E-state index contributed by atoms with van der Waals surface area (Å²) in [6, 6.07) is 5.88. The van der Waals surface area contributed by atoms with E-state index in [9.17, 15) is 4.79 Å². The van der Waals surface area contributed by atoms with Crippen LogP contribution in [0, 0.1) is 31.1 Å². The molecule has 22 heavy (non-hydrogen) atoms. The van der Waals surface area contributed by atoms with Gasteiger partial charge in [-0.25, -0.2) is 0 Å². The predicted molar refractivity (Wildman–Crippen MR) is 94.1 cm³/mol. The van der Waals surface area contributed by atoms with Crippen LogP contribution in [0.3, 0.4) is 0 Å². The van der Waals surface area contributed by atoms with Gasteiger partial charge in [-0.15, -0.1) is 0 Å². The zero-order valence-electron chi connectivity index (χ0n) is 14.7. The summed E-state index contributed by atoms with van der Waals surface area (Å²) in [4.78, 5) is 14.2. The highest BCUT2D eigenvalue weighted by molar-refractivity contribution is 5.97. The molecule has 0 aromatic heterocycles. The molecule has 1 aromatic rings. The first-order valence-electron chi connectivity index (χ1n) is 7.66. The Morgan fingerprint density at radius 2 is 1.91 bits per heavy atom. The number of aryl methyl sites for hydroxylation is 2. The molecular formula is C20H27NO. The second kappa shape index (κ2) is 7.96. The Morgan fingerprint density at radius 1 is 1.23 bits per heavy atom. The molecule has 0 saturated heterocycles. The van der Waals surface area contributed by atoms with Crippen molar-refractivity contribution in [2.75, 3.05) is 20.1 Å². The van der Waals surface area contributed by atoms with E-state index >= 15 is 0 Å². The first kappa shape index (κ1) is 18.2. The average molecular weight is 297 g/mol. The van der Waals surface area contributed by atoms with Gasteiger partial charge in [0.25, 0.3) is 0 Å². The number of benzene rings is 1. The minimum absolute atomic E-state index is 0.0233. The number of carbonyl (C=O) groups excluding carboxylic acids is 1. The van der Waals surface area contributed by atoms with E-state index in [1.807, 2.05) is 49.2 Å². The van der Waals surface area contributed by atoms with Gasteiger partial charge in [-0.05, 0) is 64.9 Å². The van der Waals surface area contributed by atoms with Gasteiger partial charge in [0.2, 0.25) is 0 Å². The summed E-state index contributed by atoms with van der Waals surface area (Å²) in [7, 11) is 1.94. The number of nitrogens with zero attached hydrogens (tertiary/aromatic N) is 1. The van der Waals surface area contributed by atoms with Crippen molar-refractivity contribution in [1.82, 2.24) is 4.90 Å². The van der Waals surface area contributed by atoms with E-state index in [-0.39, 0.29) is 11.2 Å². The van der Waals surface area contributed by atoms with E-state index in [0.29, 0.717) is 6.54 Å². The molecule has 0 aliphatic heterocycles. The fraction of sp³-hybridized carbons (Fsp3) is 0.450. The van der Waals surface area contributed by atoms with Crippen LogP contribution < -0.4 is 0 Å². The van der Waals surface area contributed by atoms with Crippen molar-refractivity contribution >= 4 is 5.78 Å². The quantitative estimate of drug-likeness (QED) is 0.604. The first-order valence-corrected chi connectivity index (χ1v) is 7.66. The number of Topliss-reactive ketones (excluding diaryl/α,β-unsaturated/α-hetero) is 1. The van der Waals surface area contributed by atoms with E-state index in [1.54, 1.807) is 0 Å². The van der Waals surface area contributed by atoms with Crippen molar-refractivity contribution in [3.63, 3.8) is 0 Å². The van der Waals surface area contributed by atoms with Gasteiger partial charge >= 0.3 is 0 Å². The van der Waals surface area contributed by atoms with Crippen molar-refractivity contribution in [3.05, 3.63) is 47.0 Å². The SMILES string of the molecule is Cc1ccc(C(=O)CN(C)CC=CC#CC(C)(C)C)cc1C. The van der Waals surface area contributed by atoms with Crippen molar-refractivity contribution in [2.45, 2.75) is 34.6 Å². The number of carbonyl (C=O) groups is 1. The van der Waals surface area contributed by atoms with Gasteiger partial charge < -0.3 is 0 Å². The lowest BCUT2D eigenvalue weighted by molar-refractivity contribution is 0.0951. The van der Waals surface area contributed by atoms with Crippen molar-refractivity contribution in [3.8, 4) is 11.8 Å². The third-order valence-corrected chi connectivity index (χ3v) is 3.31. The summed E-state index contributed by atoms with van der Waals surface area (Å²) in [5, 5.41) is 0. The van der Waals surface area contributed by atoms with Gasteiger partial charge in [-0.2, -0.15) is 0 Å². The van der Waals surface area contributed by atoms with Crippen LogP contribution in [0.1, 0.15) is 42.3 Å². The molecule has 0 aliphatic carbocycles. The number of ketones is 1. The highest BCUT2D eigenvalue weighted by Gasteiger charge is 2.09. The van der Waals surface area contributed by atoms with E-state index in [0.717, 1.165) is 17.7 Å². The van der Waals surface area contributed by atoms with Crippen LogP contribution in [0.4, 0.5) is 0 Å². The Bertz CT molecular complexity index is 609. The molecule has 0 radical (unpaired) electrons. The van der Waals surface area contributed by atoms with Crippen molar-refractivity contribution in [1.29, 1.82) is 0 Å². The number of rotatable bonds is 5. The summed E-state index contributed by atoms with van der Waals surface area (Å²) in [5.74, 6) is 6.34. The Hall–Kier alpha value is -1.85. The Morgan fingerprint density at radius 3 is 2.50 bits per heavy atom. The van der Waals surface area contributed by atoms with Gasteiger partial charge in [0.05, 0.1) is 6.54 Å². The molecule has 0 amide bonds. The Kier molecular flexibility index (Phi) is 6.59. The minimum Gasteiger partial charge on any atom is -0.295 e. The molecule has 0 atom stereocenters. The molecule has 0 bridgehead atoms. The molecule has 0 aliphatic rings. The van der Waals surface area contributed by atoms with Crippen LogP contribution >= 0.6 is 0 Å². The molecule has 2 heteroatoms. The first-order chi connectivity index (χ1) is 10.2. The van der Waals surface area contributed by atoms with Crippen molar-refractivity contribution < 1.29 is 4.79 Å². The largest absolute Gasteiger partial charge is 0.295 e. The molecule has 1 aromatic carbocycles. The molecule has 0 unspecified atom stereocenters. The average Bonchev–Trinajstić information content (AvgIpc) is 2.40. The second-order valence-corrected chi connectivity index (χ2v) is 6.84. The van der Waals surface area contributed by atoms with Gasteiger partial charge in [0, 0.05) is 17.5 Å². The van der Waals surface area contributed by atoms with Crippen LogP contribution in [0.2, 0.25) is 0 Å². The lowest BCUT2D eigenvalue weighted by Crippen LogP contribution is -2.26. The molecule has 0 spiro atoms. The zero-order valence-corrected chi connectivity index (χ0v) is 14.7. The number of likely N-dealkylation sites (N-methyl/N-ethyl adjacent to an activating group) is 1. The third-order valence-electron chi connectivity index (χ3n) is 3.31. The molecular weight excluding hydrogens is 270 g/mol. The Balaban J connectivity index is 2.52. The monoisotopic (exact) mass is 297 g/mol. The highest BCUT2D eigenvalue weighted by atomic mass is 16.1. The predicted octanol–water partition coefficient (Wildman–Crippen LogP) is 4.02. The maximum Gasteiger partial charge on any atom is 0.176 e. The summed E-state index contributed by atoms with van der Waals surface area (Å²) in [6.45, 7) is 11.5. The van der Waals surface area contributed by atoms with E-state index in [4.69, 9.17) is 0 Å². The lowest BCUT2D eigenvalue weighted by atomic mass is 9.98. The van der Waals surface area contributed by atoms with Crippen LogP contribution in [-0.2, 0) is 0 Å². The van der Waals surface area contributed by atoms with Gasteiger partial charge in [0.15, 0.2) is 5.78 Å². The molecule has 0 heterocycles. The van der Waals surface area contributed by atoms with Gasteiger partial charge in [-0.1, -0.05) is 30.0 Å². The molecule has 0 fully saturated rings. The maximum absolute atomic E-state index is 12.2. The summed E-state index contributed by atoms with van der Waals surface area (Å²) < 4.78 is 0. The zero-order chi connectivity index (χ0) is 16.8. The van der Waals surface area contributed by atoms with Crippen LogP contribution in [-0.4, -0.2) is 30.8 Å². The van der Waals surface area contributed by atoms with E-state index in [1.165, 1.54) is 5.56 Å². The summed E-state index contributed by atoms with van der Waals surface area (Å²) >= 11 is 0. The van der Waals surface area contributed by atoms with E-state index < -0.39 is 0 Å². The standard InChI is InChI=1S/C20H27NO/c1-16-10-11-18(14-17(16)2)19(22)15-21(6)13-9-7-8-12-20(3,4)5/h7,9-11,14H,13,15H2,1-6H3. The van der Waals surface area contributed by atoms with Gasteiger partial charge in [-0.3, -0.25) is 9.69 Å². The molecule has 0 saturated carbocycles. The number of hydrogen-bond acceptors (Lipinski definition) is 2. The minimum atomic E-state index is 0.0233. The molecule has 2 nitrogen and oxygen atoms in total. The molecule has 118 valence electrons. The topological polar surface area (TPSA) is 20.3 Å². The van der Waals surface area contributed by atoms with Crippen molar-refractivity contribution in [2.24, 2.45) is 5.41 Å². The van der Waals surface area contributed by atoms with E-state index in [2.05, 4.69) is 39.5 Å². The summed E-state index contributed by atoms with van der Waals surface area (Å²) in [6.07, 6.45) is 3.86. The fourth-order valence-corrected chi connectivity index (χ4v) is 1.87. The van der Waals surface area contributed by atoms with Crippen LogP contribution in [0.5, 0.6) is 0 Å². The Labute approximate surface area is 135 Å². The number of hydrogen-bond donors (Lipinski definition) is 0. The normalized spacial score (nSPS) is 11.6. The molecule has 0 N–H and O–H groups in total. The smallest absolute Gasteiger partial charge is 0.176 e. The number of allylic oxidation sites excluding steroid dienone is 1. The van der Waals surface area contributed by atoms with Crippen LogP contribution in [0.15, 0.2) is 30.4 Å². The maximum atomic E-state index is 12.2. The second-order valence-electron chi connectivity index (χ2n) is 6.84. The highest BCUT2D eigenvalue weighted by Crippen LogP contribution is 2.11. The van der Waals surface area contributed by atoms with Crippen LogP contribution in [0.25, 0.3) is 0 Å². The lowest BCUT2D eigenvalue weighted by Gasteiger charge is -2.13. The third kappa shape index (κ3) is 6.74. The summed E-state index contributed by atoms with van der Waals surface area (Å²) in [5.41, 5.74) is 3.18. The molecule has 1 rings (SSSR count). The van der Waals surface area contributed by atoms with Gasteiger partial charge in [0.1, 0.15) is 0 Å². The fourth-order valence-electron chi connectivity index (χ4n) is 1.87.